The molecule has 0 aliphatic heterocycles. The maximum atomic E-state index is 3.76. The van der Waals surface area contributed by atoms with E-state index in [1.807, 2.05) is 11.3 Å². The third-order valence-electron chi connectivity index (χ3n) is 2.26. The highest BCUT2D eigenvalue weighted by atomic mass is 79.9. The first-order valence-electron chi connectivity index (χ1n) is 4.08. The molecule has 0 saturated heterocycles. The van der Waals surface area contributed by atoms with Crippen LogP contribution in [0.5, 0.6) is 0 Å². The summed E-state index contributed by atoms with van der Waals surface area (Å²) < 4.78 is 1.25. The Labute approximate surface area is 93.6 Å². The van der Waals surface area contributed by atoms with Gasteiger partial charge in [-0.05, 0) is 53.2 Å². The maximum Gasteiger partial charge on any atom is 0.0704 e. The van der Waals surface area contributed by atoms with Crippen LogP contribution in [0.2, 0.25) is 0 Å². The standard InChI is InChI=1S/C9H10Br2S/c1-5-7(4-8(10)12-5)9(11)6-2-3-6/h4,6,9H,2-3H2,1H3. The molecule has 0 nitrogen and oxygen atoms in total. The van der Waals surface area contributed by atoms with Crippen LogP contribution in [0.1, 0.15) is 28.1 Å². The van der Waals surface area contributed by atoms with Gasteiger partial charge in [-0.15, -0.1) is 11.3 Å². The van der Waals surface area contributed by atoms with E-state index in [1.165, 1.54) is 27.1 Å². The van der Waals surface area contributed by atoms with Crippen molar-refractivity contribution in [3.05, 3.63) is 20.3 Å². The smallest absolute Gasteiger partial charge is 0.0704 e. The molecule has 66 valence electrons. The Morgan fingerprint density at radius 2 is 2.25 bits per heavy atom. The summed E-state index contributed by atoms with van der Waals surface area (Å²) in [6.07, 6.45) is 2.78. The summed E-state index contributed by atoms with van der Waals surface area (Å²) in [7, 11) is 0. The zero-order chi connectivity index (χ0) is 8.72. The lowest BCUT2D eigenvalue weighted by Gasteiger charge is -2.06. The van der Waals surface area contributed by atoms with Gasteiger partial charge in [0.2, 0.25) is 0 Å². The summed E-state index contributed by atoms with van der Waals surface area (Å²) in [5.74, 6) is 0.894. The minimum absolute atomic E-state index is 0.597. The van der Waals surface area contributed by atoms with Crippen LogP contribution in [0.4, 0.5) is 0 Å². The molecule has 1 aliphatic rings. The van der Waals surface area contributed by atoms with E-state index in [-0.39, 0.29) is 0 Å². The fourth-order valence-electron chi connectivity index (χ4n) is 1.38. The van der Waals surface area contributed by atoms with E-state index in [9.17, 15) is 0 Å². The number of thiophene rings is 1. The molecule has 12 heavy (non-hydrogen) atoms. The minimum atomic E-state index is 0.597. The number of hydrogen-bond acceptors (Lipinski definition) is 1. The molecule has 0 bridgehead atoms. The van der Waals surface area contributed by atoms with E-state index in [0.29, 0.717) is 4.83 Å². The Hall–Kier alpha value is 0.660. The summed E-state index contributed by atoms with van der Waals surface area (Å²) in [6, 6.07) is 2.25. The molecule has 0 N–H and O–H groups in total. The van der Waals surface area contributed by atoms with Gasteiger partial charge in [0.15, 0.2) is 0 Å². The van der Waals surface area contributed by atoms with Crippen LogP contribution in [0.25, 0.3) is 0 Å². The molecule has 1 saturated carbocycles. The predicted molar refractivity (Wildman–Crippen MR) is 61.1 cm³/mol. The van der Waals surface area contributed by atoms with E-state index in [4.69, 9.17) is 0 Å². The maximum absolute atomic E-state index is 3.76. The molecular formula is C9H10Br2S. The summed E-state index contributed by atoms with van der Waals surface area (Å²) in [5, 5.41) is 0. The molecule has 0 spiro atoms. The second kappa shape index (κ2) is 3.43. The normalized spacial score (nSPS) is 19.6. The average molecular weight is 310 g/mol. The number of rotatable bonds is 2. The number of alkyl halides is 1. The Balaban J connectivity index is 2.25. The van der Waals surface area contributed by atoms with Crippen LogP contribution in [0, 0.1) is 12.8 Å². The van der Waals surface area contributed by atoms with E-state index in [1.54, 1.807) is 0 Å². The largest absolute Gasteiger partial charge is 0.133 e. The zero-order valence-electron chi connectivity index (χ0n) is 6.81. The lowest BCUT2D eigenvalue weighted by Crippen LogP contribution is -1.90. The predicted octanol–water partition coefficient (Wildman–Crippen LogP) is 4.67. The fourth-order valence-corrected chi connectivity index (χ4v) is 4.29. The minimum Gasteiger partial charge on any atom is -0.133 e. The Bertz CT molecular complexity index is 289. The lowest BCUT2D eigenvalue weighted by molar-refractivity contribution is 0.821. The first kappa shape index (κ1) is 9.22. The topological polar surface area (TPSA) is 0 Å². The second-order valence-electron chi connectivity index (χ2n) is 3.30. The summed E-state index contributed by atoms with van der Waals surface area (Å²) in [4.78, 5) is 2.04. The van der Waals surface area contributed by atoms with E-state index >= 15 is 0 Å². The molecule has 1 fully saturated rings. The van der Waals surface area contributed by atoms with Crippen LogP contribution in [0.3, 0.4) is 0 Å². The highest BCUT2D eigenvalue weighted by Crippen LogP contribution is 2.48. The molecule has 1 atom stereocenters. The molecule has 1 aromatic rings. The van der Waals surface area contributed by atoms with Gasteiger partial charge >= 0.3 is 0 Å². The quantitative estimate of drug-likeness (QED) is 0.697. The fraction of sp³-hybridized carbons (Fsp3) is 0.556. The molecule has 1 unspecified atom stereocenters. The molecule has 1 aromatic heterocycles. The van der Waals surface area contributed by atoms with Gasteiger partial charge in [0.05, 0.1) is 3.79 Å². The van der Waals surface area contributed by atoms with Crippen molar-refractivity contribution in [1.82, 2.24) is 0 Å². The molecule has 0 radical (unpaired) electrons. The third kappa shape index (κ3) is 1.78. The zero-order valence-corrected chi connectivity index (χ0v) is 10.8. The van der Waals surface area contributed by atoms with Gasteiger partial charge in [-0.1, -0.05) is 15.9 Å². The summed E-state index contributed by atoms with van der Waals surface area (Å²) >= 11 is 9.11. The van der Waals surface area contributed by atoms with Gasteiger partial charge in [0.1, 0.15) is 0 Å². The number of hydrogen-bond donors (Lipinski definition) is 0. The van der Waals surface area contributed by atoms with Gasteiger partial charge in [-0.25, -0.2) is 0 Å². The first-order chi connectivity index (χ1) is 5.68. The lowest BCUT2D eigenvalue weighted by atomic mass is 10.1. The van der Waals surface area contributed by atoms with Crippen molar-refractivity contribution in [2.75, 3.05) is 0 Å². The van der Waals surface area contributed by atoms with Gasteiger partial charge in [0, 0.05) is 9.70 Å². The molecule has 2 rings (SSSR count). The highest BCUT2D eigenvalue weighted by molar-refractivity contribution is 9.11. The summed E-state index contributed by atoms with van der Waals surface area (Å²) in [5.41, 5.74) is 1.48. The SMILES string of the molecule is Cc1sc(Br)cc1C(Br)C1CC1. The van der Waals surface area contributed by atoms with Gasteiger partial charge in [-0.3, -0.25) is 0 Å². The van der Waals surface area contributed by atoms with Crippen molar-refractivity contribution in [3.63, 3.8) is 0 Å². The average Bonchev–Trinajstić information content (AvgIpc) is 2.77. The number of halogens is 2. The monoisotopic (exact) mass is 308 g/mol. The van der Waals surface area contributed by atoms with Crippen LogP contribution in [-0.2, 0) is 0 Å². The Morgan fingerprint density at radius 1 is 1.58 bits per heavy atom. The van der Waals surface area contributed by atoms with Crippen molar-refractivity contribution in [1.29, 1.82) is 0 Å². The molecular weight excluding hydrogens is 300 g/mol. The van der Waals surface area contributed by atoms with Crippen LogP contribution in [-0.4, -0.2) is 0 Å². The van der Waals surface area contributed by atoms with Gasteiger partial charge in [-0.2, -0.15) is 0 Å². The Kier molecular flexibility index (Phi) is 2.64. The van der Waals surface area contributed by atoms with Crippen LogP contribution < -0.4 is 0 Å². The first-order valence-corrected chi connectivity index (χ1v) is 6.61. The van der Waals surface area contributed by atoms with Crippen molar-refractivity contribution in [3.8, 4) is 0 Å². The van der Waals surface area contributed by atoms with Crippen LogP contribution in [0.15, 0.2) is 9.85 Å². The molecule has 3 heteroatoms. The van der Waals surface area contributed by atoms with Gasteiger partial charge in [0.25, 0.3) is 0 Å². The van der Waals surface area contributed by atoms with Crippen molar-refractivity contribution >= 4 is 43.2 Å². The van der Waals surface area contributed by atoms with Crippen molar-refractivity contribution in [2.45, 2.75) is 24.6 Å². The summed E-state index contributed by atoms with van der Waals surface area (Å²) in [6.45, 7) is 2.20. The molecule has 1 heterocycles. The molecule has 1 aliphatic carbocycles. The van der Waals surface area contributed by atoms with E-state index < -0.39 is 0 Å². The van der Waals surface area contributed by atoms with E-state index in [0.717, 1.165) is 5.92 Å². The second-order valence-corrected chi connectivity index (χ2v) is 6.92. The molecule has 0 aromatic carbocycles. The van der Waals surface area contributed by atoms with Crippen molar-refractivity contribution < 1.29 is 0 Å². The van der Waals surface area contributed by atoms with Crippen LogP contribution >= 0.6 is 43.2 Å². The van der Waals surface area contributed by atoms with Gasteiger partial charge < -0.3 is 0 Å². The van der Waals surface area contributed by atoms with E-state index in [2.05, 4.69) is 44.8 Å². The molecule has 0 amide bonds. The van der Waals surface area contributed by atoms with Crippen molar-refractivity contribution in [2.24, 2.45) is 5.92 Å². The number of aryl methyl sites for hydroxylation is 1. The highest BCUT2D eigenvalue weighted by Gasteiger charge is 2.31. The Morgan fingerprint density at radius 3 is 2.67 bits per heavy atom. The third-order valence-corrected chi connectivity index (χ3v) is 5.07.